The van der Waals surface area contributed by atoms with E-state index in [0.717, 1.165) is 6.54 Å². The Morgan fingerprint density at radius 1 is 1.67 bits per heavy atom. The van der Waals surface area contributed by atoms with E-state index in [9.17, 15) is 14.7 Å². The Labute approximate surface area is 106 Å². The average molecular weight is 256 g/mol. The fourth-order valence-corrected chi connectivity index (χ4v) is 2.79. The number of hydrogen-bond donors (Lipinski definition) is 2. The molecular weight excluding hydrogens is 236 g/mol. The fourth-order valence-electron chi connectivity index (χ4n) is 2.79. The van der Waals surface area contributed by atoms with Gasteiger partial charge < -0.3 is 15.2 Å². The number of nitrogens with one attached hydrogen (secondary N) is 1. The smallest absolute Gasteiger partial charge is 0.407 e. The van der Waals surface area contributed by atoms with Crippen LogP contribution in [0.5, 0.6) is 0 Å². The molecule has 0 aliphatic carbocycles. The van der Waals surface area contributed by atoms with Crippen molar-refractivity contribution in [2.24, 2.45) is 11.3 Å². The van der Waals surface area contributed by atoms with Gasteiger partial charge in [-0.05, 0) is 18.9 Å². The maximum atomic E-state index is 11.5. The molecule has 0 spiro atoms. The van der Waals surface area contributed by atoms with Gasteiger partial charge in [-0.2, -0.15) is 0 Å². The molecule has 0 aromatic heterocycles. The van der Waals surface area contributed by atoms with Crippen molar-refractivity contribution in [3.8, 4) is 0 Å². The van der Waals surface area contributed by atoms with Gasteiger partial charge in [0.15, 0.2) is 0 Å². The second-order valence-corrected chi connectivity index (χ2v) is 5.51. The number of aliphatic carboxylic acids is 1. The molecule has 18 heavy (non-hydrogen) atoms. The molecule has 2 aliphatic rings. The monoisotopic (exact) mass is 256 g/mol. The molecule has 2 aliphatic heterocycles. The molecule has 0 aromatic carbocycles. The van der Waals surface area contributed by atoms with Crippen LogP contribution in [-0.4, -0.2) is 54.4 Å². The van der Waals surface area contributed by atoms with Crippen LogP contribution in [0.1, 0.15) is 20.3 Å². The lowest BCUT2D eigenvalue weighted by Crippen LogP contribution is -2.41. The maximum absolute atomic E-state index is 11.5. The molecule has 2 unspecified atom stereocenters. The van der Waals surface area contributed by atoms with Crippen molar-refractivity contribution in [2.45, 2.75) is 26.4 Å². The van der Waals surface area contributed by atoms with Gasteiger partial charge in [0.1, 0.15) is 6.10 Å². The molecule has 2 fully saturated rings. The highest BCUT2D eigenvalue weighted by Gasteiger charge is 2.47. The van der Waals surface area contributed by atoms with E-state index in [1.165, 1.54) is 0 Å². The lowest BCUT2D eigenvalue weighted by Gasteiger charge is -2.29. The van der Waals surface area contributed by atoms with E-state index in [0.29, 0.717) is 26.1 Å². The number of hydrogen-bond acceptors (Lipinski definition) is 4. The predicted molar refractivity (Wildman–Crippen MR) is 64.2 cm³/mol. The van der Waals surface area contributed by atoms with Crippen molar-refractivity contribution in [3.05, 3.63) is 0 Å². The molecule has 0 aromatic rings. The summed E-state index contributed by atoms with van der Waals surface area (Å²) in [6, 6.07) is 0. The van der Waals surface area contributed by atoms with Gasteiger partial charge in [-0.3, -0.25) is 9.69 Å². The van der Waals surface area contributed by atoms with E-state index < -0.39 is 11.4 Å². The Hall–Kier alpha value is -1.30. The molecule has 2 N–H and O–H groups in total. The van der Waals surface area contributed by atoms with E-state index in [1.807, 2.05) is 13.8 Å². The number of alkyl carbamates (subject to hydrolysis) is 1. The lowest BCUT2D eigenvalue weighted by molar-refractivity contribution is -0.151. The van der Waals surface area contributed by atoms with Crippen LogP contribution in [0.2, 0.25) is 0 Å². The number of ether oxygens (including phenoxy) is 1. The van der Waals surface area contributed by atoms with E-state index in [1.54, 1.807) is 0 Å². The number of amides is 1. The number of nitrogens with zero attached hydrogens (tertiary/aromatic N) is 1. The van der Waals surface area contributed by atoms with Crippen molar-refractivity contribution >= 4 is 12.1 Å². The number of likely N-dealkylation sites (tertiary alicyclic amines) is 1. The minimum atomic E-state index is -0.721. The van der Waals surface area contributed by atoms with E-state index >= 15 is 0 Å². The van der Waals surface area contributed by atoms with Crippen molar-refractivity contribution in [1.29, 1.82) is 0 Å². The standard InChI is InChI=1S/C12H20N2O4/c1-8(2)12(10(15)16)3-4-14(7-12)6-9-5-13-11(17)18-9/h8-9H,3-7H2,1-2H3,(H,13,17)(H,15,16). The van der Waals surface area contributed by atoms with Crippen LogP contribution < -0.4 is 5.32 Å². The predicted octanol–water partition coefficient (Wildman–Crippen LogP) is 0.528. The number of carboxylic acids is 1. The van der Waals surface area contributed by atoms with Crippen LogP contribution in [0.15, 0.2) is 0 Å². The third-order valence-electron chi connectivity index (χ3n) is 4.12. The van der Waals surface area contributed by atoms with Crippen LogP contribution in [0.25, 0.3) is 0 Å². The minimum Gasteiger partial charge on any atom is -0.481 e. The summed E-state index contributed by atoms with van der Waals surface area (Å²) in [5.41, 5.74) is -0.657. The Morgan fingerprint density at radius 2 is 2.39 bits per heavy atom. The van der Waals surface area contributed by atoms with Gasteiger partial charge in [-0.1, -0.05) is 13.8 Å². The normalized spacial score (nSPS) is 32.6. The number of carboxylic acid groups (broad SMARTS) is 1. The third kappa shape index (κ3) is 2.29. The van der Waals surface area contributed by atoms with E-state index in [2.05, 4.69) is 10.2 Å². The third-order valence-corrected chi connectivity index (χ3v) is 4.12. The quantitative estimate of drug-likeness (QED) is 0.767. The molecule has 6 heteroatoms. The van der Waals surface area contributed by atoms with Gasteiger partial charge in [0.2, 0.25) is 0 Å². The average Bonchev–Trinajstić information content (AvgIpc) is 2.86. The first kappa shape index (κ1) is 13.1. The SMILES string of the molecule is CC(C)C1(C(=O)O)CCN(CC2CNC(=O)O2)C1. The van der Waals surface area contributed by atoms with E-state index in [4.69, 9.17) is 4.74 Å². The summed E-state index contributed by atoms with van der Waals surface area (Å²) in [7, 11) is 0. The highest BCUT2D eigenvalue weighted by Crippen LogP contribution is 2.38. The van der Waals surface area contributed by atoms with Crippen LogP contribution in [-0.2, 0) is 9.53 Å². The number of rotatable bonds is 4. The molecular formula is C12H20N2O4. The molecule has 0 radical (unpaired) electrons. The molecule has 0 saturated carbocycles. The lowest BCUT2D eigenvalue weighted by atomic mass is 9.76. The Bertz CT molecular complexity index is 358. The molecule has 2 saturated heterocycles. The molecule has 2 atom stereocenters. The zero-order chi connectivity index (χ0) is 13.3. The molecule has 2 rings (SSSR count). The first-order valence-corrected chi connectivity index (χ1v) is 6.34. The largest absolute Gasteiger partial charge is 0.481 e. The maximum Gasteiger partial charge on any atom is 0.407 e. The van der Waals surface area contributed by atoms with Crippen LogP contribution in [0.3, 0.4) is 0 Å². The summed E-state index contributed by atoms with van der Waals surface area (Å²) in [5, 5.41) is 12.0. The first-order chi connectivity index (χ1) is 8.44. The summed E-state index contributed by atoms with van der Waals surface area (Å²) in [4.78, 5) is 24.5. The number of carbonyl (C=O) groups excluding carboxylic acids is 1. The zero-order valence-corrected chi connectivity index (χ0v) is 10.8. The minimum absolute atomic E-state index is 0.101. The topological polar surface area (TPSA) is 78.9 Å². The van der Waals surface area contributed by atoms with Crippen LogP contribution in [0, 0.1) is 11.3 Å². The van der Waals surface area contributed by atoms with Gasteiger partial charge in [0.05, 0.1) is 12.0 Å². The summed E-state index contributed by atoms with van der Waals surface area (Å²) >= 11 is 0. The van der Waals surface area contributed by atoms with Gasteiger partial charge in [-0.15, -0.1) is 0 Å². The van der Waals surface area contributed by atoms with Gasteiger partial charge in [0, 0.05) is 13.1 Å². The zero-order valence-electron chi connectivity index (χ0n) is 10.8. The molecule has 102 valence electrons. The molecule has 1 amide bonds. The Balaban J connectivity index is 1.94. The highest BCUT2D eigenvalue weighted by atomic mass is 16.6. The van der Waals surface area contributed by atoms with Crippen molar-refractivity contribution in [3.63, 3.8) is 0 Å². The highest BCUT2D eigenvalue weighted by molar-refractivity contribution is 5.75. The molecule has 0 bridgehead atoms. The van der Waals surface area contributed by atoms with Crippen molar-refractivity contribution < 1.29 is 19.4 Å². The van der Waals surface area contributed by atoms with Gasteiger partial charge in [-0.25, -0.2) is 4.79 Å². The summed E-state index contributed by atoms with van der Waals surface area (Å²) in [5.74, 6) is -0.620. The van der Waals surface area contributed by atoms with Crippen LogP contribution >= 0.6 is 0 Å². The number of carbonyl (C=O) groups is 2. The molecule has 2 heterocycles. The summed E-state index contributed by atoms with van der Waals surface area (Å²) < 4.78 is 5.07. The first-order valence-electron chi connectivity index (χ1n) is 6.34. The second kappa shape index (κ2) is 4.76. The second-order valence-electron chi connectivity index (χ2n) is 5.51. The van der Waals surface area contributed by atoms with Crippen molar-refractivity contribution in [1.82, 2.24) is 10.2 Å². The van der Waals surface area contributed by atoms with Gasteiger partial charge in [0.25, 0.3) is 0 Å². The Morgan fingerprint density at radius 3 is 2.83 bits per heavy atom. The van der Waals surface area contributed by atoms with E-state index in [-0.39, 0.29) is 18.1 Å². The number of cyclic esters (lactones) is 1. The van der Waals surface area contributed by atoms with Crippen molar-refractivity contribution in [2.75, 3.05) is 26.2 Å². The Kier molecular flexibility index (Phi) is 3.47. The van der Waals surface area contributed by atoms with Crippen LogP contribution in [0.4, 0.5) is 4.79 Å². The summed E-state index contributed by atoms with van der Waals surface area (Å²) in [6.07, 6.45) is 0.121. The molecule has 6 nitrogen and oxygen atoms in total. The summed E-state index contributed by atoms with van der Waals surface area (Å²) in [6.45, 7) is 6.31. The fraction of sp³-hybridized carbons (Fsp3) is 0.833. The van der Waals surface area contributed by atoms with Gasteiger partial charge >= 0.3 is 12.1 Å².